The van der Waals surface area contributed by atoms with Crippen LogP contribution < -0.4 is 5.01 Å². The second kappa shape index (κ2) is 6.73. The van der Waals surface area contributed by atoms with Crippen LogP contribution in [0.4, 0.5) is 5.69 Å². The summed E-state index contributed by atoms with van der Waals surface area (Å²) < 4.78 is 0. The first-order valence-corrected chi connectivity index (χ1v) is 9.34. The third-order valence-corrected chi connectivity index (χ3v) is 5.20. The van der Waals surface area contributed by atoms with Gasteiger partial charge in [0.25, 0.3) is 0 Å². The maximum Gasteiger partial charge on any atom is 0.0831 e. The van der Waals surface area contributed by atoms with Crippen molar-refractivity contribution in [3.05, 3.63) is 114 Å². The highest BCUT2D eigenvalue weighted by Gasteiger charge is 2.29. The van der Waals surface area contributed by atoms with E-state index in [4.69, 9.17) is 5.10 Å². The van der Waals surface area contributed by atoms with E-state index in [-0.39, 0.29) is 6.04 Å². The van der Waals surface area contributed by atoms with E-state index >= 15 is 0 Å². The Balaban J connectivity index is 1.61. The molecule has 1 atom stereocenters. The van der Waals surface area contributed by atoms with E-state index in [9.17, 15) is 0 Å². The zero-order valence-corrected chi connectivity index (χ0v) is 15.0. The second-order valence-corrected chi connectivity index (χ2v) is 6.92. The number of benzene rings is 4. The van der Waals surface area contributed by atoms with Gasteiger partial charge in [-0.25, -0.2) is 0 Å². The highest BCUT2D eigenvalue weighted by atomic mass is 15.5. The van der Waals surface area contributed by atoms with Crippen LogP contribution in [0.15, 0.2) is 108 Å². The van der Waals surface area contributed by atoms with Crippen LogP contribution in [-0.4, -0.2) is 5.71 Å². The lowest BCUT2D eigenvalue weighted by Crippen LogP contribution is -2.18. The summed E-state index contributed by atoms with van der Waals surface area (Å²) in [6.07, 6.45) is 0.904. The van der Waals surface area contributed by atoms with Crippen molar-refractivity contribution in [2.75, 3.05) is 5.01 Å². The van der Waals surface area contributed by atoms with Crippen molar-refractivity contribution in [1.82, 2.24) is 0 Å². The van der Waals surface area contributed by atoms with Crippen molar-refractivity contribution in [2.24, 2.45) is 5.10 Å². The third-order valence-electron chi connectivity index (χ3n) is 5.20. The van der Waals surface area contributed by atoms with E-state index in [0.29, 0.717) is 0 Å². The van der Waals surface area contributed by atoms with Gasteiger partial charge >= 0.3 is 0 Å². The molecule has 0 fully saturated rings. The number of hydrogen-bond donors (Lipinski definition) is 0. The summed E-state index contributed by atoms with van der Waals surface area (Å²) in [5, 5.41) is 9.72. The fraction of sp³-hybridized carbons (Fsp3) is 0.0800. The molecule has 1 aliphatic rings. The minimum atomic E-state index is 0.211. The molecule has 5 rings (SSSR count). The molecule has 0 spiro atoms. The Labute approximate surface area is 159 Å². The summed E-state index contributed by atoms with van der Waals surface area (Å²) in [7, 11) is 0. The van der Waals surface area contributed by atoms with E-state index in [0.717, 1.165) is 17.8 Å². The SMILES string of the molecule is c1ccc(C2=NN(c3ccc4ccccc4c3)C(c3ccccc3)C2)cc1. The zero-order chi connectivity index (χ0) is 18.1. The first kappa shape index (κ1) is 15.8. The van der Waals surface area contributed by atoms with Gasteiger partial charge in [0.05, 0.1) is 17.4 Å². The molecule has 0 radical (unpaired) electrons. The summed E-state index contributed by atoms with van der Waals surface area (Å²) >= 11 is 0. The molecule has 4 aromatic carbocycles. The molecule has 0 aliphatic carbocycles. The van der Waals surface area contributed by atoms with Gasteiger partial charge in [-0.2, -0.15) is 5.10 Å². The normalized spacial score (nSPS) is 16.5. The first-order valence-electron chi connectivity index (χ1n) is 9.34. The number of hydrazone groups is 1. The van der Waals surface area contributed by atoms with Gasteiger partial charge in [-0.15, -0.1) is 0 Å². The molecule has 2 nitrogen and oxygen atoms in total. The first-order chi connectivity index (χ1) is 13.4. The second-order valence-electron chi connectivity index (χ2n) is 6.92. The monoisotopic (exact) mass is 348 g/mol. The number of rotatable bonds is 3. The van der Waals surface area contributed by atoms with Crippen LogP contribution >= 0.6 is 0 Å². The molecule has 27 heavy (non-hydrogen) atoms. The van der Waals surface area contributed by atoms with Gasteiger partial charge in [0.1, 0.15) is 0 Å². The van der Waals surface area contributed by atoms with Crippen LogP contribution in [-0.2, 0) is 0 Å². The van der Waals surface area contributed by atoms with Crippen molar-refractivity contribution in [1.29, 1.82) is 0 Å². The van der Waals surface area contributed by atoms with Crippen molar-refractivity contribution in [2.45, 2.75) is 12.5 Å². The number of hydrogen-bond acceptors (Lipinski definition) is 2. The summed E-state index contributed by atoms with van der Waals surface area (Å²) in [6, 6.07) is 36.4. The molecular formula is C25H20N2. The van der Waals surface area contributed by atoms with Crippen LogP contribution in [0.1, 0.15) is 23.6 Å². The van der Waals surface area contributed by atoms with E-state index in [2.05, 4.69) is 108 Å². The molecule has 1 aliphatic heterocycles. The Morgan fingerprint density at radius 3 is 2.11 bits per heavy atom. The Kier molecular flexibility index (Phi) is 3.95. The summed E-state index contributed by atoms with van der Waals surface area (Å²) in [4.78, 5) is 0. The standard InChI is InChI=1S/C25H20N2/c1-3-10-20(11-4-1)24-18-25(21-12-5-2-6-13-21)27(26-24)23-16-15-19-9-7-8-14-22(19)17-23/h1-17,25H,18H2. The van der Waals surface area contributed by atoms with Gasteiger partial charge in [-0.1, -0.05) is 91.0 Å². The molecule has 0 aromatic heterocycles. The number of anilines is 1. The zero-order valence-electron chi connectivity index (χ0n) is 15.0. The Bertz CT molecular complexity index is 1100. The predicted octanol–water partition coefficient (Wildman–Crippen LogP) is 6.20. The van der Waals surface area contributed by atoms with Crippen LogP contribution in [0.5, 0.6) is 0 Å². The van der Waals surface area contributed by atoms with Gasteiger partial charge in [0, 0.05) is 6.42 Å². The molecule has 1 heterocycles. The smallest absolute Gasteiger partial charge is 0.0831 e. The third kappa shape index (κ3) is 3.00. The Hall–Kier alpha value is -3.39. The van der Waals surface area contributed by atoms with Gasteiger partial charge in [-0.05, 0) is 34.0 Å². The molecule has 130 valence electrons. The minimum Gasteiger partial charge on any atom is -0.257 e. The Morgan fingerprint density at radius 2 is 1.33 bits per heavy atom. The van der Waals surface area contributed by atoms with E-state index in [1.165, 1.54) is 21.9 Å². The fourth-order valence-electron chi connectivity index (χ4n) is 3.81. The maximum absolute atomic E-state index is 5.04. The molecule has 0 saturated carbocycles. The highest BCUT2D eigenvalue weighted by Crippen LogP contribution is 2.37. The van der Waals surface area contributed by atoms with Gasteiger partial charge in [0.2, 0.25) is 0 Å². The predicted molar refractivity (Wildman–Crippen MR) is 113 cm³/mol. The van der Waals surface area contributed by atoms with Crippen LogP contribution in [0.2, 0.25) is 0 Å². The van der Waals surface area contributed by atoms with Crippen LogP contribution in [0, 0.1) is 0 Å². The lowest BCUT2D eigenvalue weighted by atomic mass is 9.98. The Morgan fingerprint density at radius 1 is 0.667 bits per heavy atom. The number of fused-ring (bicyclic) bond motifs is 1. The van der Waals surface area contributed by atoms with E-state index < -0.39 is 0 Å². The average Bonchev–Trinajstić information content (AvgIpc) is 3.20. The highest BCUT2D eigenvalue weighted by molar-refractivity contribution is 6.03. The lowest BCUT2D eigenvalue weighted by Gasteiger charge is -2.24. The molecule has 0 bridgehead atoms. The summed E-state index contributed by atoms with van der Waals surface area (Å²) in [5.74, 6) is 0. The number of nitrogens with zero attached hydrogens (tertiary/aromatic N) is 2. The molecule has 0 N–H and O–H groups in total. The minimum absolute atomic E-state index is 0.211. The topological polar surface area (TPSA) is 15.6 Å². The average molecular weight is 348 g/mol. The fourth-order valence-corrected chi connectivity index (χ4v) is 3.81. The molecule has 0 amide bonds. The van der Waals surface area contributed by atoms with Crippen molar-refractivity contribution >= 4 is 22.2 Å². The lowest BCUT2D eigenvalue weighted by molar-refractivity contribution is 0.709. The molecule has 2 heteroatoms. The summed E-state index contributed by atoms with van der Waals surface area (Å²) in [6.45, 7) is 0. The quantitative estimate of drug-likeness (QED) is 0.431. The van der Waals surface area contributed by atoms with E-state index in [1.807, 2.05) is 0 Å². The molecule has 1 unspecified atom stereocenters. The molecule has 0 saturated heterocycles. The van der Waals surface area contributed by atoms with Crippen LogP contribution in [0.25, 0.3) is 10.8 Å². The van der Waals surface area contributed by atoms with Gasteiger partial charge < -0.3 is 0 Å². The maximum atomic E-state index is 5.04. The van der Waals surface area contributed by atoms with Gasteiger partial charge in [0.15, 0.2) is 0 Å². The largest absolute Gasteiger partial charge is 0.257 e. The molecular weight excluding hydrogens is 328 g/mol. The summed E-state index contributed by atoms with van der Waals surface area (Å²) in [5.41, 5.74) is 4.76. The van der Waals surface area contributed by atoms with Crippen molar-refractivity contribution in [3.63, 3.8) is 0 Å². The van der Waals surface area contributed by atoms with E-state index in [1.54, 1.807) is 0 Å². The van der Waals surface area contributed by atoms with Gasteiger partial charge in [-0.3, -0.25) is 5.01 Å². The molecule has 4 aromatic rings. The van der Waals surface area contributed by atoms with Crippen molar-refractivity contribution in [3.8, 4) is 0 Å². The van der Waals surface area contributed by atoms with Crippen molar-refractivity contribution < 1.29 is 0 Å². The van der Waals surface area contributed by atoms with Crippen LogP contribution in [0.3, 0.4) is 0 Å².